The molecular weight excluding hydrogens is 210 g/mol. The van der Waals surface area contributed by atoms with Crippen molar-refractivity contribution in [2.24, 2.45) is 11.7 Å². The highest BCUT2D eigenvalue weighted by Gasteiger charge is 2.30. The maximum absolute atomic E-state index is 10.9. The molecule has 0 saturated carbocycles. The summed E-state index contributed by atoms with van der Waals surface area (Å²) in [6.07, 6.45) is 0.115. The summed E-state index contributed by atoms with van der Waals surface area (Å²) >= 11 is 0. The van der Waals surface area contributed by atoms with Gasteiger partial charge in [0.25, 0.3) is 0 Å². The zero-order chi connectivity index (χ0) is 12.1. The first kappa shape index (κ1) is 12.2. The molecule has 5 heteroatoms. The van der Waals surface area contributed by atoms with Gasteiger partial charge in [-0.05, 0) is 12.0 Å². The molecule has 0 aliphatic carbocycles. The van der Waals surface area contributed by atoms with E-state index in [4.69, 9.17) is 15.9 Å². The molecule has 2 atom stereocenters. The molecule has 0 bridgehead atoms. The van der Waals surface area contributed by atoms with Crippen molar-refractivity contribution in [2.45, 2.75) is 12.5 Å². The molecule has 1 aromatic rings. The third kappa shape index (κ3) is 3.06. The highest BCUT2D eigenvalue weighted by Crippen LogP contribution is 2.12. The van der Waals surface area contributed by atoms with Crippen molar-refractivity contribution >= 4 is 11.9 Å². The largest absolute Gasteiger partial charge is 0.481 e. The van der Waals surface area contributed by atoms with Gasteiger partial charge in [-0.1, -0.05) is 30.3 Å². The van der Waals surface area contributed by atoms with Gasteiger partial charge in [0.15, 0.2) is 0 Å². The monoisotopic (exact) mass is 223 g/mol. The van der Waals surface area contributed by atoms with Gasteiger partial charge in [-0.25, -0.2) is 0 Å². The molecule has 0 radical (unpaired) electrons. The van der Waals surface area contributed by atoms with Gasteiger partial charge in [-0.2, -0.15) is 0 Å². The van der Waals surface area contributed by atoms with Crippen LogP contribution in [-0.4, -0.2) is 28.2 Å². The van der Waals surface area contributed by atoms with Crippen LogP contribution in [0.4, 0.5) is 0 Å². The second-order valence-corrected chi connectivity index (χ2v) is 3.50. The summed E-state index contributed by atoms with van der Waals surface area (Å²) < 4.78 is 0. The number of carbonyl (C=O) groups is 2. The highest BCUT2D eigenvalue weighted by molar-refractivity contribution is 5.82. The lowest BCUT2D eigenvalue weighted by Crippen LogP contribution is -2.43. The Morgan fingerprint density at radius 3 is 2.12 bits per heavy atom. The molecule has 0 saturated heterocycles. The number of hydrogen-bond acceptors (Lipinski definition) is 3. The molecular formula is C11H13NO4. The number of carboxylic acids is 2. The Labute approximate surface area is 92.5 Å². The minimum atomic E-state index is -1.39. The van der Waals surface area contributed by atoms with Crippen LogP contribution in [0.15, 0.2) is 30.3 Å². The molecule has 0 fully saturated rings. The van der Waals surface area contributed by atoms with Crippen LogP contribution in [-0.2, 0) is 16.0 Å². The summed E-state index contributed by atoms with van der Waals surface area (Å²) in [6.45, 7) is 0. The Hall–Kier alpha value is -1.88. The van der Waals surface area contributed by atoms with Gasteiger partial charge in [0, 0.05) is 0 Å². The van der Waals surface area contributed by atoms with E-state index in [0.29, 0.717) is 0 Å². The van der Waals surface area contributed by atoms with Gasteiger partial charge >= 0.3 is 11.9 Å². The van der Waals surface area contributed by atoms with Crippen molar-refractivity contribution in [2.75, 3.05) is 0 Å². The molecule has 0 aliphatic rings. The lowest BCUT2D eigenvalue weighted by atomic mass is 9.93. The van der Waals surface area contributed by atoms with Crippen LogP contribution >= 0.6 is 0 Å². The first-order chi connectivity index (χ1) is 7.52. The molecule has 0 amide bonds. The second-order valence-electron chi connectivity index (χ2n) is 3.50. The lowest BCUT2D eigenvalue weighted by molar-refractivity contribution is -0.149. The minimum absolute atomic E-state index is 0.115. The fourth-order valence-corrected chi connectivity index (χ4v) is 1.41. The Kier molecular flexibility index (Phi) is 4.02. The first-order valence-corrected chi connectivity index (χ1v) is 4.77. The summed E-state index contributed by atoms with van der Waals surface area (Å²) in [4.78, 5) is 21.6. The number of benzene rings is 1. The highest BCUT2D eigenvalue weighted by atomic mass is 16.4. The van der Waals surface area contributed by atoms with Crippen LogP contribution < -0.4 is 5.73 Å². The Morgan fingerprint density at radius 2 is 1.69 bits per heavy atom. The maximum atomic E-state index is 10.9. The van der Waals surface area contributed by atoms with E-state index in [1.54, 1.807) is 30.3 Å². The van der Waals surface area contributed by atoms with E-state index in [-0.39, 0.29) is 6.42 Å². The SMILES string of the molecule is N[C@H](C(=O)O)C(Cc1ccccc1)C(=O)O. The van der Waals surface area contributed by atoms with Gasteiger partial charge in [-0.3, -0.25) is 9.59 Å². The third-order valence-electron chi connectivity index (χ3n) is 2.33. The normalized spacial score (nSPS) is 14.1. The summed E-state index contributed by atoms with van der Waals surface area (Å²) in [6, 6.07) is 7.42. The smallest absolute Gasteiger partial charge is 0.321 e. The Morgan fingerprint density at radius 1 is 1.12 bits per heavy atom. The summed E-state index contributed by atoms with van der Waals surface area (Å²) in [5, 5.41) is 17.6. The predicted octanol–water partition coefficient (Wildman–Crippen LogP) is 0.342. The number of carboxylic acid groups (broad SMARTS) is 2. The fourth-order valence-electron chi connectivity index (χ4n) is 1.41. The molecule has 4 N–H and O–H groups in total. The summed E-state index contributed by atoms with van der Waals surface area (Å²) in [5.74, 6) is -3.61. The van der Waals surface area contributed by atoms with E-state index in [1.807, 2.05) is 0 Å². The van der Waals surface area contributed by atoms with Crippen molar-refractivity contribution < 1.29 is 19.8 Å². The zero-order valence-corrected chi connectivity index (χ0v) is 8.54. The third-order valence-corrected chi connectivity index (χ3v) is 2.33. The zero-order valence-electron chi connectivity index (χ0n) is 8.54. The van der Waals surface area contributed by atoms with Crippen molar-refractivity contribution in [3.8, 4) is 0 Å². The van der Waals surface area contributed by atoms with Gasteiger partial charge < -0.3 is 15.9 Å². The van der Waals surface area contributed by atoms with E-state index in [0.717, 1.165) is 5.56 Å². The lowest BCUT2D eigenvalue weighted by Gasteiger charge is -2.16. The van der Waals surface area contributed by atoms with Crippen LogP contribution in [0.2, 0.25) is 0 Å². The molecule has 0 spiro atoms. The van der Waals surface area contributed by atoms with Gasteiger partial charge in [0.1, 0.15) is 6.04 Å². The molecule has 0 aliphatic heterocycles. The number of nitrogens with two attached hydrogens (primary N) is 1. The maximum Gasteiger partial charge on any atom is 0.321 e. The molecule has 0 aromatic heterocycles. The van der Waals surface area contributed by atoms with E-state index in [9.17, 15) is 9.59 Å². The minimum Gasteiger partial charge on any atom is -0.481 e. The quantitative estimate of drug-likeness (QED) is 0.668. The molecule has 16 heavy (non-hydrogen) atoms. The van der Waals surface area contributed by atoms with E-state index in [1.165, 1.54) is 0 Å². The van der Waals surface area contributed by atoms with Crippen molar-refractivity contribution in [1.82, 2.24) is 0 Å². The molecule has 0 heterocycles. The van der Waals surface area contributed by atoms with Gasteiger partial charge in [0.05, 0.1) is 5.92 Å². The van der Waals surface area contributed by atoms with Crippen LogP contribution in [0.5, 0.6) is 0 Å². The van der Waals surface area contributed by atoms with Crippen molar-refractivity contribution in [3.63, 3.8) is 0 Å². The molecule has 1 rings (SSSR count). The molecule has 86 valence electrons. The average molecular weight is 223 g/mol. The van der Waals surface area contributed by atoms with Crippen molar-refractivity contribution in [3.05, 3.63) is 35.9 Å². The standard InChI is InChI=1S/C11H13NO4/c12-9(11(15)16)8(10(13)14)6-7-4-2-1-3-5-7/h1-5,8-9H,6,12H2,(H,13,14)(H,15,16)/t8?,9-/m0/s1. The topological polar surface area (TPSA) is 101 Å². The molecule has 5 nitrogen and oxygen atoms in total. The number of rotatable bonds is 5. The summed E-state index contributed by atoms with van der Waals surface area (Å²) in [7, 11) is 0. The second kappa shape index (κ2) is 5.27. The van der Waals surface area contributed by atoms with Crippen LogP contribution in [0.1, 0.15) is 5.56 Å². The molecule has 1 aromatic carbocycles. The molecule has 1 unspecified atom stereocenters. The average Bonchev–Trinajstić information content (AvgIpc) is 2.26. The van der Waals surface area contributed by atoms with Gasteiger partial charge in [0.2, 0.25) is 0 Å². The Balaban J connectivity index is 2.81. The first-order valence-electron chi connectivity index (χ1n) is 4.77. The predicted molar refractivity (Wildman–Crippen MR) is 56.9 cm³/mol. The summed E-state index contributed by atoms with van der Waals surface area (Å²) in [5.41, 5.74) is 6.09. The van der Waals surface area contributed by atoms with Crippen LogP contribution in [0, 0.1) is 5.92 Å². The van der Waals surface area contributed by atoms with Crippen LogP contribution in [0.3, 0.4) is 0 Å². The van der Waals surface area contributed by atoms with Crippen molar-refractivity contribution in [1.29, 1.82) is 0 Å². The number of hydrogen-bond donors (Lipinski definition) is 3. The van der Waals surface area contributed by atoms with E-state index >= 15 is 0 Å². The fraction of sp³-hybridized carbons (Fsp3) is 0.273. The van der Waals surface area contributed by atoms with Gasteiger partial charge in [-0.15, -0.1) is 0 Å². The van der Waals surface area contributed by atoms with Crippen LogP contribution in [0.25, 0.3) is 0 Å². The number of aliphatic carboxylic acids is 2. The van der Waals surface area contributed by atoms with E-state index < -0.39 is 23.9 Å². The van der Waals surface area contributed by atoms with E-state index in [2.05, 4.69) is 0 Å². The Bertz CT molecular complexity index is 377.